The van der Waals surface area contributed by atoms with Gasteiger partial charge >= 0.3 is 0 Å². The van der Waals surface area contributed by atoms with Crippen LogP contribution < -0.4 is 0 Å². The van der Waals surface area contributed by atoms with Crippen LogP contribution in [0.15, 0.2) is 281 Å². The highest BCUT2D eigenvalue weighted by Crippen LogP contribution is 2.46. The molecule has 6 heterocycles. The molecule has 390 valence electrons. The fourth-order valence-corrected chi connectivity index (χ4v) is 13.4. The Morgan fingerprint density at radius 3 is 0.714 bits per heavy atom. The highest BCUT2D eigenvalue weighted by atomic mass is 16.4. The van der Waals surface area contributed by atoms with E-state index in [9.17, 15) is 0 Å². The van der Waals surface area contributed by atoms with Crippen LogP contribution in [0.25, 0.3) is 198 Å². The van der Waals surface area contributed by atoms with Crippen LogP contribution in [0.3, 0.4) is 0 Å². The summed E-state index contributed by atoms with van der Waals surface area (Å²) in [5.74, 6) is 0. The van der Waals surface area contributed by atoms with E-state index in [1.807, 2.05) is 18.2 Å². The fraction of sp³-hybridized carbons (Fsp3) is 0. The molecule has 0 unspecified atom stereocenters. The second-order valence-electron chi connectivity index (χ2n) is 22.2. The Morgan fingerprint density at radius 2 is 0.405 bits per heavy atom. The molecule has 0 aliphatic rings. The molecule has 0 aliphatic carbocycles. The minimum absolute atomic E-state index is 0.776. The number of fused-ring (bicyclic) bond motifs is 21. The molecule has 6 aromatic heterocycles. The van der Waals surface area contributed by atoms with Crippen molar-refractivity contribution in [1.82, 2.24) is 0 Å². The molecule has 0 fully saturated rings. The maximum absolute atomic E-state index is 6.75. The number of hydrogen-bond donors (Lipinski definition) is 0. The zero-order valence-electron chi connectivity index (χ0n) is 44.7. The lowest BCUT2D eigenvalue weighted by Crippen LogP contribution is -1.86. The Bertz CT molecular complexity index is 5370. The Kier molecular flexibility index (Phi) is 9.24. The predicted octanol–water partition coefficient (Wildman–Crippen LogP) is 23.1. The number of furan rings is 6. The lowest BCUT2D eigenvalue weighted by Gasteiger charge is -2.12. The average Bonchev–Trinajstić information content (AvgIpc) is 2.10. The summed E-state index contributed by atoms with van der Waals surface area (Å²) < 4.78 is 40.3. The molecule has 0 N–H and O–H groups in total. The Balaban J connectivity index is 0.760. The summed E-state index contributed by atoms with van der Waals surface area (Å²) in [6.45, 7) is 0. The standard InChI is InChI=1S/C78H42O6/c1-4-10-43(11-5-1)46-19-28-64-61(37-46)55-25-31-67-73(76(55)82-64)58-22-16-49(40-70(58)79-67)52-34-53(50-17-23-59-71(41-50)80-68-32-26-56-62-38-47(44-12-6-2-7-13-44)20-29-65(62)83-77(56)74(59)68)36-54(35-52)51-18-24-60-72(42-51)81-69-33-27-57-63-39-48(45-14-8-3-9-15-45)21-30-66(63)84-78(57)75(60)69/h1-42H. The molecule has 0 bridgehead atoms. The molecule has 0 saturated heterocycles. The maximum atomic E-state index is 6.75. The zero-order chi connectivity index (χ0) is 54.7. The van der Waals surface area contributed by atoms with Crippen LogP contribution >= 0.6 is 0 Å². The smallest absolute Gasteiger partial charge is 0.147 e. The van der Waals surface area contributed by atoms with Gasteiger partial charge in [0.2, 0.25) is 0 Å². The number of hydrogen-bond acceptors (Lipinski definition) is 6. The lowest BCUT2D eigenvalue weighted by molar-refractivity contribution is 0.662. The van der Waals surface area contributed by atoms with Gasteiger partial charge in [-0.2, -0.15) is 0 Å². The van der Waals surface area contributed by atoms with E-state index >= 15 is 0 Å². The number of rotatable bonds is 6. The Morgan fingerprint density at radius 1 is 0.143 bits per heavy atom. The molecule has 84 heavy (non-hydrogen) atoms. The molecule has 0 radical (unpaired) electrons. The van der Waals surface area contributed by atoms with E-state index in [4.69, 9.17) is 26.5 Å². The predicted molar refractivity (Wildman–Crippen MR) is 343 cm³/mol. The molecule has 6 heteroatoms. The van der Waals surface area contributed by atoms with Gasteiger partial charge in [0.25, 0.3) is 0 Å². The van der Waals surface area contributed by atoms with Crippen molar-refractivity contribution in [3.8, 4) is 66.8 Å². The molecule has 13 aromatic carbocycles. The monoisotopic (exact) mass is 1070 g/mol. The van der Waals surface area contributed by atoms with E-state index in [-0.39, 0.29) is 0 Å². The average molecular weight is 1080 g/mol. The maximum Gasteiger partial charge on any atom is 0.147 e. The summed E-state index contributed by atoms with van der Waals surface area (Å²) in [7, 11) is 0. The first kappa shape index (κ1) is 45.4. The lowest BCUT2D eigenvalue weighted by atomic mass is 9.92. The van der Waals surface area contributed by atoms with Crippen molar-refractivity contribution in [3.63, 3.8) is 0 Å². The van der Waals surface area contributed by atoms with Gasteiger partial charge in [0.05, 0.1) is 16.2 Å². The second-order valence-corrected chi connectivity index (χ2v) is 22.2. The van der Waals surface area contributed by atoms with E-state index in [1.54, 1.807) is 0 Å². The molecule has 0 spiro atoms. The van der Waals surface area contributed by atoms with Crippen LogP contribution in [0.2, 0.25) is 0 Å². The highest BCUT2D eigenvalue weighted by Gasteiger charge is 2.22. The first-order valence-corrected chi connectivity index (χ1v) is 28.3. The van der Waals surface area contributed by atoms with E-state index in [1.165, 1.54) is 16.7 Å². The molecular weight excluding hydrogens is 1030 g/mol. The summed E-state index contributed by atoms with van der Waals surface area (Å²) >= 11 is 0. The molecule has 0 atom stereocenters. The van der Waals surface area contributed by atoms with Gasteiger partial charge in [-0.3, -0.25) is 0 Å². The zero-order valence-corrected chi connectivity index (χ0v) is 44.7. The summed E-state index contributed by atoms with van der Waals surface area (Å²) in [6.07, 6.45) is 0. The SMILES string of the molecule is c1ccc(-c2ccc3oc4c(ccc5oc6cc(-c7cc(-c8ccc9c(c8)oc8ccc%10c%11cc(-c%12ccccc%12)ccc%11oc%10c89)cc(-c8ccc9c(c8)oc8ccc%10c%11cc(-c%12ccccc%12)ccc%11oc%10c89)c7)ccc6c54)c3c2)cc1. The van der Waals surface area contributed by atoms with Crippen molar-refractivity contribution < 1.29 is 26.5 Å². The largest absolute Gasteiger partial charge is 0.456 e. The molecule has 19 aromatic rings. The minimum Gasteiger partial charge on any atom is -0.456 e. The summed E-state index contributed by atoms with van der Waals surface area (Å²) in [5.41, 5.74) is 22.7. The van der Waals surface area contributed by atoms with Gasteiger partial charge in [0, 0.05) is 48.5 Å². The van der Waals surface area contributed by atoms with Gasteiger partial charge in [0.15, 0.2) is 0 Å². The normalized spacial score (nSPS) is 12.3. The van der Waals surface area contributed by atoms with Crippen LogP contribution in [0.5, 0.6) is 0 Å². The van der Waals surface area contributed by atoms with Crippen LogP contribution in [0, 0.1) is 0 Å². The molecule has 0 saturated carbocycles. The van der Waals surface area contributed by atoms with Crippen molar-refractivity contribution >= 4 is 132 Å². The van der Waals surface area contributed by atoms with Gasteiger partial charge in [0.1, 0.15) is 67.0 Å². The minimum atomic E-state index is 0.776. The van der Waals surface area contributed by atoms with Crippen molar-refractivity contribution in [2.75, 3.05) is 0 Å². The van der Waals surface area contributed by atoms with Crippen molar-refractivity contribution in [2.24, 2.45) is 0 Å². The molecular formula is C78H42O6. The molecule has 0 amide bonds. The van der Waals surface area contributed by atoms with Crippen LogP contribution in [-0.2, 0) is 0 Å². The number of benzene rings is 13. The molecule has 19 rings (SSSR count). The molecule has 6 nitrogen and oxygen atoms in total. The van der Waals surface area contributed by atoms with E-state index < -0.39 is 0 Å². The van der Waals surface area contributed by atoms with Crippen molar-refractivity contribution in [2.45, 2.75) is 0 Å². The molecule has 0 aliphatic heterocycles. The first-order valence-electron chi connectivity index (χ1n) is 28.3. The van der Waals surface area contributed by atoms with Gasteiger partial charge in [-0.05, 0) is 194 Å². The van der Waals surface area contributed by atoms with Gasteiger partial charge < -0.3 is 26.5 Å². The second kappa shape index (κ2) is 17.1. The first-order chi connectivity index (χ1) is 41.5. The van der Waals surface area contributed by atoms with Gasteiger partial charge in [-0.25, -0.2) is 0 Å². The third kappa shape index (κ3) is 6.73. The summed E-state index contributed by atoms with van der Waals surface area (Å²) in [5, 5.41) is 12.3. The summed E-state index contributed by atoms with van der Waals surface area (Å²) in [6, 6.07) is 89.7. The van der Waals surface area contributed by atoms with Crippen LogP contribution in [-0.4, -0.2) is 0 Å². The van der Waals surface area contributed by atoms with E-state index in [2.05, 4.69) is 237 Å². The summed E-state index contributed by atoms with van der Waals surface area (Å²) in [4.78, 5) is 0. The Hall–Kier alpha value is -11.3. The third-order valence-electron chi connectivity index (χ3n) is 17.5. The van der Waals surface area contributed by atoms with Crippen molar-refractivity contribution in [1.29, 1.82) is 0 Å². The van der Waals surface area contributed by atoms with Crippen LogP contribution in [0.4, 0.5) is 0 Å². The quantitative estimate of drug-likeness (QED) is 0.165. The van der Waals surface area contributed by atoms with Crippen LogP contribution in [0.1, 0.15) is 0 Å². The highest BCUT2D eigenvalue weighted by molar-refractivity contribution is 6.25. The third-order valence-corrected chi connectivity index (χ3v) is 17.5. The topological polar surface area (TPSA) is 78.8 Å². The van der Waals surface area contributed by atoms with E-state index in [0.29, 0.717) is 0 Å². The van der Waals surface area contributed by atoms with E-state index in [0.717, 1.165) is 182 Å². The van der Waals surface area contributed by atoms with Gasteiger partial charge in [-0.15, -0.1) is 0 Å². The van der Waals surface area contributed by atoms with Crippen molar-refractivity contribution in [3.05, 3.63) is 255 Å². The fourth-order valence-electron chi connectivity index (χ4n) is 13.4. The Labute approximate surface area is 477 Å². The van der Waals surface area contributed by atoms with Gasteiger partial charge in [-0.1, -0.05) is 127 Å².